The van der Waals surface area contributed by atoms with E-state index in [-0.39, 0.29) is 46.7 Å². The van der Waals surface area contributed by atoms with Crippen molar-refractivity contribution in [2.24, 2.45) is 45.8 Å². The second-order valence-electron chi connectivity index (χ2n) is 20.0. The molecular formula is C41H68O14. The minimum absolute atomic E-state index is 0.0488. The summed E-state index contributed by atoms with van der Waals surface area (Å²) in [6.45, 7) is 15.5. The van der Waals surface area contributed by atoms with Crippen molar-refractivity contribution in [3.63, 3.8) is 0 Å². The normalized spacial score (nSPS) is 55.2. The van der Waals surface area contributed by atoms with E-state index in [1.165, 1.54) is 6.92 Å². The second-order valence-corrected chi connectivity index (χ2v) is 20.0. The fraction of sp³-hybridized carbons (Fsp3) is 0.951. The fourth-order valence-corrected chi connectivity index (χ4v) is 13.1. The van der Waals surface area contributed by atoms with Crippen LogP contribution in [0.1, 0.15) is 93.9 Å². The highest BCUT2D eigenvalue weighted by Crippen LogP contribution is 2.72. The number of epoxide rings is 1. The van der Waals surface area contributed by atoms with Crippen LogP contribution in [0.4, 0.5) is 0 Å². The molecule has 2 unspecified atom stereocenters. The number of fused-ring (bicyclic) bond motifs is 5. The summed E-state index contributed by atoms with van der Waals surface area (Å²) in [7, 11) is 0. The van der Waals surface area contributed by atoms with E-state index in [9.17, 15) is 46.0 Å². The average Bonchev–Trinajstić information content (AvgIpc) is 3.51. The molecule has 7 rings (SSSR count). The number of hydrogen-bond donors (Lipinski definition) is 9. The third kappa shape index (κ3) is 6.89. The summed E-state index contributed by atoms with van der Waals surface area (Å²) in [4.78, 5) is 0. The maximum Gasteiger partial charge on any atom is 0.187 e. The Morgan fingerprint density at radius 1 is 0.818 bits per heavy atom. The van der Waals surface area contributed by atoms with Crippen LogP contribution in [0, 0.1) is 45.8 Å². The quantitative estimate of drug-likeness (QED) is 0.0940. The summed E-state index contributed by atoms with van der Waals surface area (Å²) in [5, 5.41) is 99.0. The number of aliphatic hydroxyl groups excluding tert-OH is 9. The lowest BCUT2D eigenvalue weighted by molar-refractivity contribution is -0.380. The van der Waals surface area contributed by atoms with Crippen molar-refractivity contribution < 1.29 is 69.6 Å². The van der Waals surface area contributed by atoms with Gasteiger partial charge in [-0.15, -0.1) is 0 Å². The molecule has 0 amide bonds. The first-order valence-corrected chi connectivity index (χ1v) is 20.6. The Labute approximate surface area is 324 Å². The summed E-state index contributed by atoms with van der Waals surface area (Å²) >= 11 is 0. The van der Waals surface area contributed by atoms with Crippen LogP contribution in [-0.4, -0.2) is 150 Å². The minimum atomic E-state index is -1.69. The Morgan fingerprint density at radius 3 is 2.13 bits per heavy atom. The van der Waals surface area contributed by atoms with E-state index in [4.69, 9.17) is 23.7 Å². The Hall–Kier alpha value is -0.820. The molecule has 7 fully saturated rings. The van der Waals surface area contributed by atoms with Gasteiger partial charge in [0.15, 0.2) is 12.6 Å². The van der Waals surface area contributed by atoms with Crippen molar-refractivity contribution in [2.45, 2.75) is 191 Å². The third-order valence-corrected chi connectivity index (χ3v) is 16.0. The summed E-state index contributed by atoms with van der Waals surface area (Å²) in [5.74, 6) is -0.0398. The zero-order chi connectivity index (χ0) is 40.3. The van der Waals surface area contributed by atoms with Gasteiger partial charge in [0.05, 0.1) is 36.6 Å². The number of rotatable bonds is 8. The van der Waals surface area contributed by atoms with E-state index in [1.807, 2.05) is 40.7 Å². The highest BCUT2D eigenvalue weighted by atomic mass is 16.8. The van der Waals surface area contributed by atoms with Crippen molar-refractivity contribution in [1.82, 2.24) is 0 Å². The molecule has 9 N–H and O–H groups in total. The molecule has 3 aliphatic heterocycles. The molecule has 3 heterocycles. The van der Waals surface area contributed by atoms with Crippen molar-refractivity contribution in [3.05, 3.63) is 11.6 Å². The lowest BCUT2D eigenvalue weighted by Gasteiger charge is -2.69. The highest BCUT2D eigenvalue weighted by molar-refractivity contribution is 5.22. The monoisotopic (exact) mass is 784 g/mol. The Morgan fingerprint density at radius 2 is 1.49 bits per heavy atom. The van der Waals surface area contributed by atoms with Crippen LogP contribution in [0.15, 0.2) is 11.6 Å². The van der Waals surface area contributed by atoms with Crippen LogP contribution < -0.4 is 0 Å². The molecule has 0 bridgehead atoms. The first-order chi connectivity index (χ1) is 25.6. The number of aliphatic hydroxyl groups is 9. The molecule has 0 radical (unpaired) electrons. The van der Waals surface area contributed by atoms with E-state index < -0.39 is 103 Å². The molecule has 14 heteroatoms. The minimum Gasteiger partial charge on any atom is -0.394 e. The SMILES string of the molecule is C/C(=C\C(O)C1OC1(C)C)[C@H]1CC[C@@H]2[C@@H]1[C@H](O)C[C@H]1[C@@]2(C)C[C@H](O[C@@H]2O[C@H](CO)[C@@H](O)[C@H](O)[C@H]2O[C@@H]2O[C@@H](C)[C@H](O)[C@@H](O)[C@H]2O)[C@H]2C(C)(C)[C@@H](O)CC[C@]12C. The van der Waals surface area contributed by atoms with Gasteiger partial charge in [-0.2, -0.15) is 0 Å². The third-order valence-electron chi connectivity index (χ3n) is 16.0. The van der Waals surface area contributed by atoms with Gasteiger partial charge in [0.2, 0.25) is 0 Å². The molecule has 55 heavy (non-hydrogen) atoms. The molecule has 4 aliphatic carbocycles. The van der Waals surface area contributed by atoms with E-state index in [1.54, 1.807) is 0 Å². The molecule has 316 valence electrons. The van der Waals surface area contributed by atoms with Crippen LogP contribution in [0.5, 0.6) is 0 Å². The van der Waals surface area contributed by atoms with E-state index in [2.05, 4.69) is 13.8 Å². The topological polar surface area (TPSA) is 232 Å². The van der Waals surface area contributed by atoms with Crippen molar-refractivity contribution >= 4 is 0 Å². The molecule has 4 saturated carbocycles. The number of allylic oxidation sites excluding steroid dienone is 1. The molecule has 0 aromatic carbocycles. The maximum atomic E-state index is 12.1. The molecule has 0 spiro atoms. The zero-order valence-electron chi connectivity index (χ0n) is 33.6. The number of hydrogen-bond acceptors (Lipinski definition) is 14. The standard InChI is InChI=1S/C41H68O14/c1-17(13-22(44)35-39(5,6)55-35)19-9-10-20-27(19)21(43)14-25-40(7)12-11-26(45)38(3,4)34(40)23(15-41(20,25)8)52-37-33(31(49)29(47)24(16-42)53-37)54-36-32(50)30(48)28(46)18(2)51-36/h13,18-37,42-50H,9-12,14-16H2,1-8H3/b17-13+/t18-,19+,20+,21+,22?,23-,24+,25+,26-,27+,28-,29+,30+,31-,32+,33+,34-,35?,36-,37+,40+,41-/m0/s1. The fourth-order valence-electron chi connectivity index (χ4n) is 13.1. The molecule has 7 aliphatic rings. The zero-order valence-corrected chi connectivity index (χ0v) is 33.6. The van der Waals surface area contributed by atoms with Gasteiger partial charge in [-0.1, -0.05) is 39.3 Å². The summed E-state index contributed by atoms with van der Waals surface area (Å²) < 4.78 is 30.8. The largest absolute Gasteiger partial charge is 0.394 e. The van der Waals surface area contributed by atoms with Crippen LogP contribution in [0.25, 0.3) is 0 Å². The molecule has 22 atom stereocenters. The molecular weight excluding hydrogens is 716 g/mol. The van der Waals surface area contributed by atoms with Crippen molar-refractivity contribution in [3.8, 4) is 0 Å². The van der Waals surface area contributed by atoms with Gasteiger partial charge in [-0.25, -0.2) is 0 Å². The summed E-state index contributed by atoms with van der Waals surface area (Å²) in [6, 6.07) is 0. The second kappa shape index (κ2) is 14.7. The van der Waals surface area contributed by atoms with Gasteiger partial charge >= 0.3 is 0 Å². The maximum absolute atomic E-state index is 12.1. The van der Waals surface area contributed by atoms with Gasteiger partial charge in [0.25, 0.3) is 0 Å². The predicted octanol–water partition coefficient (Wildman–Crippen LogP) is 0.745. The molecule has 0 aromatic rings. The predicted molar refractivity (Wildman–Crippen MR) is 196 cm³/mol. The summed E-state index contributed by atoms with van der Waals surface area (Å²) in [5.41, 5.74) is -0.708. The van der Waals surface area contributed by atoms with Crippen molar-refractivity contribution in [1.29, 1.82) is 0 Å². The summed E-state index contributed by atoms with van der Waals surface area (Å²) in [6.07, 6.45) is -11.2. The lowest BCUT2D eigenvalue weighted by Crippen LogP contribution is -2.69. The smallest absolute Gasteiger partial charge is 0.187 e. The average molecular weight is 785 g/mol. The van der Waals surface area contributed by atoms with Gasteiger partial charge in [0.1, 0.15) is 54.9 Å². The van der Waals surface area contributed by atoms with Crippen LogP contribution in [-0.2, 0) is 23.7 Å². The van der Waals surface area contributed by atoms with Gasteiger partial charge in [0, 0.05) is 0 Å². The van der Waals surface area contributed by atoms with Crippen LogP contribution in [0.3, 0.4) is 0 Å². The first kappa shape index (κ1) is 42.3. The van der Waals surface area contributed by atoms with Crippen molar-refractivity contribution in [2.75, 3.05) is 6.61 Å². The molecule has 14 nitrogen and oxygen atoms in total. The molecule has 3 saturated heterocycles. The Bertz CT molecular complexity index is 1420. The Balaban J connectivity index is 1.22. The van der Waals surface area contributed by atoms with E-state index in [0.29, 0.717) is 25.7 Å². The van der Waals surface area contributed by atoms with Crippen LogP contribution >= 0.6 is 0 Å². The first-order valence-electron chi connectivity index (χ1n) is 20.6. The van der Waals surface area contributed by atoms with E-state index in [0.717, 1.165) is 18.4 Å². The Kier molecular flexibility index (Phi) is 11.3. The van der Waals surface area contributed by atoms with Crippen LogP contribution in [0.2, 0.25) is 0 Å². The highest BCUT2D eigenvalue weighted by Gasteiger charge is 2.70. The number of ether oxygens (including phenoxy) is 5. The van der Waals surface area contributed by atoms with Gasteiger partial charge < -0.3 is 69.6 Å². The molecule has 0 aromatic heterocycles. The van der Waals surface area contributed by atoms with E-state index >= 15 is 0 Å². The van der Waals surface area contributed by atoms with Gasteiger partial charge in [-0.05, 0) is 112 Å². The lowest BCUT2D eigenvalue weighted by atomic mass is 9.37. The van der Waals surface area contributed by atoms with Gasteiger partial charge in [-0.3, -0.25) is 0 Å².